The highest BCUT2D eigenvalue weighted by Gasteiger charge is 2.14. The van der Waals surface area contributed by atoms with Gasteiger partial charge in [-0.3, -0.25) is 19.7 Å². The fraction of sp³-hybridized carbons (Fsp3) is 0.318. The first-order chi connectivity index (χ1) is 12.8. The molecule has 1 aliphatic heterocycles. The summed E-state index contributed by atoms with van der Waals surface area (Å²) in [6.45, 7) is 2.65. The molecule has 1 fully saturated rings. The number of carbonyl (C=O) groups is 1. The fourth-order valence-electron chi connectivity index (χ4n) is 3.62. The molecule has 0 spiro atoms. The number of benzene rings is 1. The molecule has 1 aromatic carbocycles. The highest BCUT2D eigenvalue weighted by Crippen LogP contribution is 2.24. The number of pyridine rings is 2. The molecule has 0 unspecified atom stereocenters. The zero-order valence-corrected chi connectivity index (χ0v) is 14.9. The molecule has 3 aromatic rings. The summed E-state index contributed by atoms with van der Waals surface area (Å²) in [6.07, 6.45) is 9.62. The van der Waals surface area contributed by atoms with Crippen molar-refractivity contribution in [2.75, 3.05) is 19.6 Å². The van der Waals surface area contributed by atoms with Crippen LogP contribution in [0.1, 0.15) is 25.0 Å². The second-order valence-electron chi connectivity index (χ2n) is 7.03. The van der Waals surface area contributed by atoms with E-state index in [9.17, 15) is 4.79 Å². The highest BCUT2D eigenvalue weighted by atomic mass is 16.1. The molecule has 1 aliphatic rings. The van der Waals surface area contributed by atoms with E-state index >= 15 is 0 Å². The van der Waals surface area contributed by atoms with E-state index in [1.165, 1.54) is 19.3 Å². The fourth-order valence-corrected chi connectivity index (χ4v) is 3.62. The quantitative estimate of drug-likeness (QED) is 0.704. The largest absolute Gasteiger partial charge is 0.298 e. The first-order valence-corrected chi connectivity index (χ1v) is 9.31. The summed E-state index contributed by atoms with van der Waals surface area (Å²) >= 11 is 0. The number of carbonyl (C=O) groups excluding carboxylic acids is 1. The third-order valence-corrected chi connectivity index (χ3v) is 5.00. The maximum absolute atomic E-state index is 12.4. The summed E-state index contributed by atoms with van der Waals surface area (Å²) in [4.78, 5) is 23.4. The maximum atomic E-state index is 12.4. The first kappa shape index (κ1) is 16.9. The van der Waals surface area contributed by atoms with Gasteiger partial charge in [-0.25, -0.2) is 0 Å². The Kier molecular flexibility index (Phi) is 5.02. The van der Waals surface area contributed by atoms with Crippen LogP contribution in [-0.4, -0.2) is 40.3 Å². The van der Waals surface area contributed by atoms with Crippen molar-refractivity contribution in [2.45, 2.75) is 25.7 Å². The lowest BCUT2D eigenvalue weighted by molar-refractivity contribution is -0.119. The number of rotatable bonds is 5. The van der Waals surface area contributed by atoms with Crippen LogP contribution in [0, 0.1) is 0 Å². The number of aromatic nitrogens is 2. The molecule has 4 rings (SSSR count). The smallest absolute Gasteiger partial charge is 0.152 e. The Hall–Kier alpha value is -2.59. The molecule has 0 bridgehead atoms. The number of likely N-dealkylation sites (tertiary alicyclic amines) is 1. The molecule has 0 amide bonds. The topological polar surface area (TPSA) is 46.1 Å². The lowest BCUT2D eigenvalue weighted by atomic mass is 10.0. The van der Waals surface area contributed by atoms with Gasteiger partial charge in [0.2, 0.25) is 0 Å². The second kappa shape index (κ2) is 7.75. The van der Waals surface area contributed by atoms with E-state index in [1.807, 2.05) is 24.5 Å². The van der Waals surface area contributed by atoms with Gasteiger partial charge >= 0.3 is 0 Å². The Morgan fingerprint density at radius 2 is 1.85 bits per heavy atom. The number of nitrogens with zero attached hydrogens (tertiary/aromatic N) is 3. The van der Waals surface area contributed by atoms with Crippen LogP contribution in [0.15, 0.2) is 55.0 Å². The zero-order chi connectivity index (χ0) is 17.8. The third kappa shape index (κ3) is 3.97. The van der Waals surface area contributed by atoms with E-state index in [0.29, 0.717) is 13.0 Å². The molecule has 2 aromatic heterocycles. The van der Waals surface area contributed by atoms with Gasteiger partial charge in [0.15, 0.2) is 5.78 Å². The van der Waals surface area contributed by atoms with Gasteiger partial charge in [-0.1, -0.05) is 24.6 Å². The Labute approximate surface area is 153 Å². The van der Waals surface area contributed by atoms with E-state index in [2.05, 4.69) is 39.1 Å². The van der Waals surface area contributed by atoms with Crippen LogP contribution in [-0.2, 0) is 11.2 Å². The SMILES string of the molecule is O=C(Cc1cc2cc(-c3cccnc3)ccc2cn1)CN1CCCCC1. The van der Waals surface area contributed by atoms with Gasteiger partial charge in [-0.05, 0) is 55.1 Å². The van der Waals surface area contributed by atoms with Gasteiger partial charge < -0.3 is 0 Å². The molecular formula is C22H23N3O. The number of fused-ring (bicyclic) bond motifs is 1. The number of Topliss-reactive ketones (excluding diaryl/α,β-unsaturated/α-hetero) is 1. The molecule has 1 saturated heterocycles. The van der Waals surface area contributed by atoms with Gasteiger partial charge in [0.05, 0.1) is 13.0 Å². The van der Waals surface area contributed by atoms with Gasteiger partial charge in [0.25, 0.3) is 0 Å². The van der Waals surface area contributed by atoms with Crippen molar-refractivity contribution in [3.8, 4) is 11.1 Å². The Morgan fingerprint density at radius 3 is 2.65 bits per heavy atom. The van der Waals surface area contributed by atoms with Crippen LogP contribution in [0.25, 0.3) is 21.9 Å². The predicted molar refractivity (Wildman–Crippen MR) is 104 cm³/mol. The van der Waals surface area contributed by atoms with Gasteiger partial charge in [-0.15, -0.1) is 0 Å². The van der Waals surface area contributed by atoms with E-state index in [4.69, 9.17) is 0 Å². The molecule has 132 valence electrons. The van der Waals surface area contributed by atoms with Crippen LogP contribution in [0.5, 0.6) is 0 Å². The second-order valence-corrected chi connectivity index (χ2v) is 7.03. The van der Waals surface area contributed by atoms with Crippen LogP contribution < -0.4 is 0 Å². The predicted octanol–water partition coefficient (Wildman–Crippen LogP) is 3.89. The van der Waals surface area contributed by atoms with Gasteiger partial charge in [0.1, 0.15) is 0 Å². The average Bonchev–Trinajstić information content (AvgIpc) is 2.69. The van der Waals surface area contributed by atoms with E-state index < -0.39 is 0 Å². The Balaban J connectivity index is 1.51. The lowest BCUT2D eigenvalue weighted by Crippen LogP contribution is -2.35. The average molecular weight is 345 g/mol. The van der Waals surface area contributed by atoms with E-state index in [-0.39, 0.29) is 5.78 Å². The van der Waals surface area contributed by atoms with Crippen molar-refractivity contribution in [2.24, 2.45) is 0 Å². The number of ketones is 1. The molecule has 26 heavy (non-hydrogen) atoms. The minimum absolute atomic E-state index is 0.252. The Bertz CT molecular complexity index is 902. The van der Waals surface area contributed by atoms with Crippen molar-refractivity contribution in [3.05, 3.63) is 60.7 Å². The van der Waals surface area contributed by atoms with Crippen LogP contribution in [0.2, 0.25) is 0 Å². The molecule has 4 heteroatoms. The first-order valence-electron chi connectivity index (χ1n) is 9.31. The molecule has 0 radical (unpaired) electrons. The third-order valence-electron chi connectivity index (χ3n) is 5.00. The molecule has 0 saturated carbocycles. The molecule has 0 N–H and O–H groups in total. The van der Waals surface area contributed by atoms with Crippen LogP contribution in [0.3, 0.4) is 0 Å². The summed E-state index contributed by atoms with van der Waals surface area (Å²) in [5, 5.41) is 2.20. The summed E-state index contributed by atoms with van der Waals surface area (Å²) in [6, 6.07) is 12.3. The molecule has 0 aliphatic carbocycles. The summed E-state index contributed by atoms with van der Waals surface area (Å²) in [5.41, 5.74) is 3.07. The zero-order valence-electron chi connectivity index (χ0n) is 14.9. The van der Waals surface area contributed by atoms with Gasteiger partial charge in [-0.2, -0.15) is 0 Å². The number of piperidine rings is 1. The number of hydrogen-bond donors (Lipinski definition) is 0. The summed E-state index contributed by atoms with van der Waals surface area (Å²) in [7, 11) is 0. The molecular weight excluding hydrogens is 322 g/mol. The normalized spacial score (nSPS) is 15.2. The van der Waals surface area contributed by atoms with Crippen LogP contribution >= 0.6 is 0 Å². The van der Waals surface area contributed by atoms with Gasteiger partial charge in [0, 0.05) is 35.2 Å². The lowest BCUT2D eigenvalue weighted by Gasteiger charge is -2.25. The Morgan fingerprint density at radius 1 is 0.962 bits per heavy atom. The van der Waals surface area contributed by atoms with Crippen molar-refractivity contribution in [1.29, 1.82) is 0 Å². The summed E-state index contributed by atoms with van der Waals surface area (Å²) in [5.74, 6) is 0.252. The molecule has 3 heterocycles. The maximum Gasteiger partial charge on any atom is 0.152 e. The van der Waals surface area contributed by atoms with E-state index in [1.54, 1.807) is 6.20 Å². The van der Waals surface area contributed by atoms with Crippen molar-refractivity contribution >= 4 is 16.6 Å². The molecule has 4 nitrogen and oxygen atoms in total. The molecule has 0 atom stereocenters. The van der Waals surface area contributed by atoms with Crippen molar-refractivity contribution in [3.63, 3.8) is 0 Å². The monoisotopic (exact) mass is 345 g/mol. The minimum atomic E-state index is 0.252. The highest BCUT2D eigenvalue weighted by molar-refractivity contribution is 5.88. The van der Waals surface area contributed by atoms with Crippen molar-refractivity contribution in [1.82, 2.24) is 14.9 Å². The summed E-state index contributed by atoms with van der Waals surface area (Å²) < 4.78 is 0. The van der Waals surface area contributed by atoms with E-state index in [0.717, 1.165) is 40.7 Å². The van der Waals surface area contributed by atoms with Crippen molar-refractivity contribution < 1.29 is 4.79 Å². The standard InChI is InChI=1S/C22H23N3O/c26-22(16-25-9-2-1-3-10-25)13-21-12-20-11-17(6-7-19(20)15-24-21)18-5-4-8-23-14-18/h4-8,11-12,14-15H,1-3,9-10,13,16H2. The minimum Gasteiger partial charge on any atom is -0.298 e. The number of hydrogen-bond acceptors (Lipinski definition) is 4. The van der Waals surface area contributed by atoms with Crippen LogP contribution in [0.4, 0.5) is 0 Å².